The van der Waals surface area contributed by atoms with Crippen LogP contribution in [-0.2, 0) is 42.2 Å². The van der Waals surface area contributed by atoms with Gasteiger partial charge in [-0.3, -0.25) is 23.4 Å². The standard InChI is InChI=1S/C64H103O11P/c1-4-7-10-13-16-19-22-25-28-29-30-31-34-37-40-43-46-49-52-55-64(68)75-61(57-71-62(66)53-50-47-44-41-38-35-32-26-23-20-17-14-11-8-5-2)59-73-76(69,70)72-58-60(56-65)74-63(67)54-51-48-45-42-39-36-33-27-24-21-18-15-12-9-6-3/h7-8,10-11,16-17,19-20,25-28,30-33,37-38,40-41,46,49,60-61,65H,4-6,9,12-15,18,21-24,29,34-36,39,42-45,47-48,50-59H2,1-3H3,(H,69,70)/b10-7-,11-8-,19-16-,20-17-,28-25-,31-30-,32-26-,33-27-,40-37-,41-38-,49-46-. The van der Waals surface area contributed by atoms with Gasteiger partial charge in [0, 0.05) is 19.3 Å². The highest BCUT2D eigenvalue weighted by molar-refractivity contribution is 7.47. The van der Waals surface area contributed by atoms with Crippen molar-refractivity contribution in [2.75, 3.05) is 26.4 Å². The first kappa shape index (κ1) is 71.6. The minimum atomic E-state index is -4.79. The van der Waals surface area contributed by atoms with Crippen molar-refractivity contribution in [3.05, 3.63) is 134 Å². The van der Waals surface area contributed by atoms with Gasteiger partial charge in [-0.1, -0.05) is 206 Å². The molecule has 0 rings (SSSR count). The summed E-state index contributed by atoms with van der Waals surface area (Å²) >= 11 is 0. The molecule has 0 saturated carbocycles. The molecule has 0 aliphatic carbocycles. The highest BCUT2D eigenvalue weighted by Crippen LogP contribution is 2.43. The predicted molar refractivity (Wildman–Crippen MR) is 316 cm³/mol. The number of phosphoric ester groups is 1. The average molecular weight is 1080 g/mol. The average Bonchev–Trinajstić information content (AvgIpc) is 3.41. The van der Waals surface area contributed by atoms with Gasteiger partial charge in [0.15, 0.2) is 6.10 Å². The summed E-state index contributed by atoms with van der Waals surface area (Å²) in [6.45, 7) is 4.25. The van der Waals surface area contributed by atoms with Crippen LogP contribution in [0.1, 0.15) is 213 Å². The Balaban J connectivity index is 4.91. The van der Waals surface area contributed by atoms with Gasteiger partial charge >= 0.3 is 25.7 Å². The van der Waals surface area contributed by atoms with E-state index in [2.05, 4.69) is 142 Å². The molecule has 11 nitrogen and oxygen atoms in total. The van der Waals surface area contributed by atoms with Crippen LogP contribution in [0, 0.1) is 0 Å². The summed E-state index contributed by atoms with van der Waals surface area (Å²) in [5.74, 6) is -1.64. The fourth-order valence-corrected chi connectivity index (χ4v) is 7.97. The second kappa shape index (κ2) is 56.8. The van der Waals surface area contributed by atoms with Gasteiger partial charge in [0.05, 0.1) is 19.8 Å². The largest absolute Gasteiger partial charge is 0.472 e. The minimum absolute atomic E-state index is 0.0255. The second-order valence-electron chi connectivity index (χ2n) is 18.7. The number of ether oxygens (including phenoxy) is 3. The van der Waals surface area contributed by atoms with Crippen molar-refractivity contribution in [3.8, 4) is 0 Å². The molecule has 0 aromatic heterocycles. The van der Waals surface area contributed by atoms with Crippen LogP contribution in [0.3, 0.4) is 0 Å². The summed E-state index contributed by atoms with van der Waals surface area (Å²) < 4.78 is 39.4. The zero-order valence-electron chi connectivity index (χ0n) is 47.4. The lowest BCUT2D eigenvalue weighted by molar-refractivity contribution is -0.161. The molecule has 76 heavy (non-hydrogen) atoms. The number of unbranched alkanes of at least 4 members (excludes halogenated alkanes) is 13. The molecule has 3 atom stereocenters. The second-order valence-corrected chi connectivity index (χ2v) is 20.1. The van der Waals surface area contributed by atoms with Crippen LogP contribution >= 0.6 is 7.82 Å². The van der Waals surface area contributed by atoms with E-state index in [0.29, 0.717) is 25.7 Å². The molecule has 2 N–H and O–H groups in total. The van der Waals surface area contributed by atoms with E-state index in [1.807, 2.05) is 12.2 Å². The van der Waals surface area contributed by atoms with E-state index in [1.165, 1.54) is 38.5 Å². The van der Waals surface area contributed by atoms with Crippen LogP contribution < -0.4 is 0 Å². The summed E-state index contributed by atoms with van der Waals surface area (Å²) in [5.41, 5.74) is 0. The highest BCUT2D eigenvalue weighted by Gasteiger charge is 2.28. The van der Waals surface area contributed by atoms with Crippen molar-refractivity contribution < 1.29 is 52.2 Å². The van der Waals surface area contributed by atoms with Crippen LogP contribution in [0.4, 0.5) is 0 Å². The summed E-state index contributed by atoms with van der Waals surface area (Å²) in [6, 6.07) is 0. The van der Waals surface area contributed by atoms with E-state index in [-0.39, 0.29) is 19.3 Å². The lowest BCUT2D eigenvalue weighted by Gasteiger charge is -2.21. The monoisotopic (exact) mass is 1080 g/mol. The molecule has 0 aromatic rings. The maximum absolute atomic E-state index is 12.9. The molecular weight excluding hydrogens is 976 g/mol. The quantitative estimate of drug-likeness (QED) is 0.0197. The normalized spacial score (nSPS) is 14.3. The van der Waals surface area contributed by atoms with Crippen LogP contribution in [0.15, 0.2) is 134 Å². The van der Waals surface area contributed by atoms with Crippen molar-refractivity contribution in [3.63, 3.8) is 0 Å². The Morgan fingerprint density at radius 1 is 0.382 bits per heavy atom. The van der Waals surface area contributed by atoms with Crippen LogP contribution in [0.5, 0.6) is 0 Å². The Morgan fingerprint density at radius 3 is 1.17 bits per heavy atom. The molecule has 0 aromatic carbocycles. The number of hydrogen-bond acceptors (Lipinski definition) is 10. The summed E-state index contributed by atoms with van der Waals surface area (Å²) in [7, 11) is -4.79. The number of carbonyl (C=O) groups excluding carboxylic acids is 3. The molecule has 12 heteroatoms. The number of allylic oxidation sites excluding steroid dienone is 22. The summed E-state index contributed by atoms with van der Waals surface area (Å²) in [4.78, 5) is 48.5. The third-order valence-electron chi connectivity index (χ3n) is 11.6. The third kappa shape index (κ3) is 54.4. The Morgan fingerprint density at radius 2 is 0.711 bits per heavy atom. The fourth-order valence-electron chi connectivity index (χ4n) is 7.19. The summed E-state index contributed by atoms with van der Waals surface area (Å²) in [5, 5.41) is 9.82. The van der Waals surface area contributed by atoms with Gasteiger partial charge in [-0.05, 0) is 122 Å². The number of rotatable bonds is 52. The van der Waals surface area contributed by atoms with Gasteiger partial charge in [-0.25, -0.2) is 4.57 Å². The highest BCUT2D eigenvalue weighted by atomic mass is 31.2. The van der Waals surface area contributed by atoms with Crippen LogP contribution in [-0.4, -0.2) is 66.5 Å². The first-order valence-corrected chi connectivity index (χ1v) is 30.6. The van der Waals surface area contributed by atoms with E-state index in [0.717, 1.165) is 109 Å². The molecule has 0 saturated heterocycles. The van der Waals surface area contributed by atoms with Crippen molar-refractivity contribution in [1.29, 1.82) is 0 Å². The van der Waals surface area contributed by atoms with E-state index in [1.54, 1.807) is 0 Å². The number of carbonyl (C=O) groups is 3. The van der Waals surface area contributed by atoms with Gasteiger partial charge in [0.1, 0.15) is 12.7 Å². The molecule has 0 heterocycles. The van der Waals surface area contributed by atoms with Gasteiger partial charge < -0.3 is 24.2 Å². The minimum Gasteiger partial charge on any atom is -0.462 e. The molecule has 0 spiro atoms. The van der Waals surface area contributed by atoms with Crippen molar-refractivity contribution >= 4 is 25.7 Å². The van der Waals surface area contributed by atoms with Crippen LogP contribution in [0.25, 0.3) is 0 Å². The Bertz CT molecular complexity index is 1780. The van der Waals surface area contributed by atoms with Crippen molar-refractivity contribution in [2.24, 2.45) is 0 Å². The SMILES string of the molecule is CC/C=C\C/C=C\C/C=C\C/C=C\C/C=C\C/C=C\CCC(=O)OC(COC(=O)CCCC/C=C\C/C=C\C/C=C\C/C=C\CC)COP(=O)(O)OCC(CO)OC(=O)CCCCCCC/C=C\CCCCCCCC. The number of aliphatic hydroxyl groups is 1. The first-order chi connectivity index (χ1) is 37.2. The molecule has 430 valence electrons. The zero-order valence-corrected chi connectivity index (χ0v) is 48.3. The van der Waals surface area contributed by atoms with E-state index in [4.69, 9.17) is 23.3 Å². The smallest absolute Gasteiger partial charge is 0.462 e. The molecule has 0 radical (unpaired) electrons. The number of hydrogen-bond donors (Lipinski definition) is 2. The van der Waals surface area contributed by atoms with E-state index < -0.39 is 64.4 Å². The van der Waals surface area contributed by atoms with Gasteiger partial charge in [-0.2, -0.15) is 0 Å². The predicted octanol–water partition coefficient (Wildman–Crippen LogP) is 17.4. The molecular formula is C64H103O11P. The summed E-state index contributed by atoms with van der Waals surface area (Å²) in [6.07, 6.45) is 71.4. The molecule has 0 amide bonds. The van der Waals surface area contributed by atoms with E-state index >= 15 is 0 Å². The van der Waals surface area contributed by atoms with Crippen molar-refractivity contribution in [2.45, 2.75) is 226 Å². The maximum Gasteiger partial charge on any atom is 0.472 e. The lowest BCUT2D eigenvalue weighted by atomic mass is 10.1. The molecule has 0 fully saturated rings. The molecule has 0 aliphatic heterocycles. The van der Waals surface area contributed by atoms with Gasteiger partial charge in [0.25, 0.3) is 0 Å². The Kier molecular flexibility index (Phi) is 53.5. The molecule has 0 aliphatic rings. The lowest BCUT2D eigenvalue weighted by Crippen LogP contribution is -2.30. The maximum atomic E-state index is 12.9. The van der Waals surface area contributed by atoms with E-state index in [9.17, 15) is 28.9 Å². The Labute approximate surface area is 461 Å². The Hall–Kier alpha value is -4.38. The number of phosphoric acid groups is 1. The molecule has 0 bridgehead atoms. The van der Waals surface area contributed by atoms with Gasteiger partial charge in [0.2, 0.25) is 0 Å². The zero-order chi connectivity index (χ0) is 55.5. The molecule has 3 unspecified atom stereocenters. The number of aliphatic hydroxyl groups excluding tert-OH is 1. The van der Waals surface area contributed by atoms with Crippen LogP contribution in [0.2, 0.25) is 0 Å². The van der Waals surface area contributed by atoms with Gasteiger partial charge in [-0.15, -0.1) is 0 Å². The topological polar surface area (TPSA) is 155 Å². The number of esters is 3. The first-order valence-electron chi connectivity index (χ1n) is 29.1. The van der Waals surface area contributed by atoms with Crippen molar-refractivity contribution in [1.82, 2.24) is 0 Å². The third-order valence-corrected chi connectivity index (χ3v) is 12.5. The fraction of sp³-hybridized carbons (Fsp3) is 0.609.